The molecule has 4 heterocycles. The first kappa shape index (κ1) is 20.4. The van der Waals surface area contributed by atoms with Crippen LogP contribution in [-0.4, -0.2) is 67.2 Å². The molecule has 0 N–H and O–H groups in total. The molecule has 0 aliphatic carbocycles. The van der Waals surface area contributed by atoms with Crippen molar-refractivity contribution in [3.63, 3.8) is 0 Å². The molecule has 1 fully saturated rings. The maximum Gasteiger partial charge on any atom is 0.243 e. The Hall–Kier alpha value is -2.47. The second-order valence-electron chi connectivity index (χ2n) is 7.33. The number of ether oxygens (including phenoxy) is 2. The Labute approximate surface area is 184 Å². The summed E-state index contributed by atoms with van der Waals surface area (Å²) >= 11 is 1.56. The second-order valence-corrected chi connectivity index (χ2v) is 10.2. The van der Waals surface area contributed by atoms with Crippen LogP contribution in [0.15, 0.2) is 45.1 Å². The van der Waals surface area contributed by atoms with Gasteiger partial charge in [0.25, 0.3) is 0 Å². The summed E-state index contributed by atoms with van der Waals surface area (Å²) in [6.45, 7) is 3.53. The molecule has 0 atom stereocenters. The highest BCUT2D eigenvalue weighted by molar-refractivity contribution is 7.89. The molecule has 1 saturated heterocycles. The maximum absolute atomic E-state index is 13.1. The highest BCUT2D eigenvalue weighted by Crippen LogP contribution is 2.33. The quantitative estimate of drug-likeness (QED) is 0.570. The van der Waals surface area contributed by atoms with Gasteiger partial charge in [-0.2, -0.15) is 9.29 Å². The summed E-state index contributed by atoms with van der Waals surface area (Å²) in [5, 5.41) is 6.00. The van der Waals surface area contributed by atoms with Crippen LogP contribution < -0.4 is 9.47 Å². The van der Waals surface area contributed by atoms with Crippen molar-refractivity contribution in [2.75, 3.05) is 39.4 Å². The Morgan fingerprint density at radius 1 is 1.03 bits per heavy atom. The Morgan fingerprint density at radius 2 is 1.84 bits per heavy atom. The fraction of sp³-hybridized carbons (Fsp3) is 0.400. The lowest BCUT2D eigenvalue weighted by Crippen LogP contribution is -2.48. The van der Waals surface area contributed by atoms with Crippen molar-refractivity contribution in [1.29, 1.82) is 0 Å². The molecule has 164 valence electrons. The molecule has 0 bridgehead atoms. The molecule has 3 aromatic rings. The van der Waals surface area contributed by atoms with Crippen LogP contribution in [0.1, 0.15) is 12.3 Å². The van der Waals surface area contributed by atoms with Crippen molar-refractivity contribution < 1.29 is 22.4 Å². The number of hydrogen-bond donors (Lipinski definition) is 0. The zero-order valence-electron chi connectivity index (χ0n) is 16.8. The molecule has 0 spiro atoms. The van der Waals surface area contributed by atoms with Gasteiger partial charge in [0.05, 0.1) is 29.5 Å². The predicted octanol–water partition coefficient (Wildman–Crippen LogP) is 2.47. The Balaban J connectivity index is 1.22. The van der Waals surface area contributed by atoms with Crippen LogP contribution in [-0.2, 0) is 16.6 Å². The van der Waals surface area contributed by atoms with Gasteiger partial charge in [-0.1, -0.05) is 11.2 Å². The summed E-state index contributed by atoms with van der Waals surface area (Å²) in [7, 11) is -3.61. The summed E-state index contributed by atoms with van der Waals surface area (Å²) in [6.07, 6.45) is 0.771. The molecule has 31 heavy (non-hydrogen) atoms. The third-order valence-corrected chi connectivity index (χ3v) is 8.02. The SMILES string of the molecule is O=S(=O)(c1ccc2c(c1)OCCCO2)N1CCN(Cc2nc(-c3cccs3)no2)CC1. The van der Waals surface area contributed by atoms with Crippen LogP contribution in [0, 0.1) is 0 Å². The third kappa shape index (κ3) is 4.31. The molecule has 5 rings (SSSR count). The average Bonchev–Trinajstić information content (AvgIpc) is 3.41. The minimum absolute atomic E-state index is 0.225. The van der Waals surface area contributed by atoms with Gasteiger partial charge < -0.3 is 14.0 Å². The van der Waals surface area contributed by atoms with Gasteiger partial charge in [0.1, 0.15) is 0 Å². The molecular formula is C20H22N4O5S2. The van der Waals surface area contributed by atoms with Gasteiger partial charge in [-0.25, -0.2) is 8.42 Å². The van der Waals surface area contributed by atoms with Gasteiger partial charge in [0, 0.05) is 38.7 Å². The van der Waals surface area contributed by atoms with Crippen LogP contribution in [0.3, 0.4) is 0 Å². The minimum Gasteiger partial charge on any atom is -0.490 e. The summed E-state index contributed by atoms with van der Waals surface area (Å²) < 4.78 is 44.4. The number of rotatable bonds is 5. The van der Waals surface area contributed by atoms with Crippen molar-refractivity contribution in [3.8, 4) is 22.2 Å². The van der Waals surface area contributed by atoms with E-state index in [1.807, 2.05) is 17.5 Å². The number of nitrogens with zero attached hydrogens (tertiary/aromatic N) is 4. The Kier molecular flexibility index (Phi) is 5.65. The van der Waals surface area contributed by atoms with Crippen molar-refractivity contribution >= 4 is 21.4 Å². The van der Waals surface area contributed by atoms with Crippen LogP contribution in [0.25, 0.3) is 10.7 Å². The van der Waals surface area contributed by atoms with Gasteiger partial charge in [0.15, 0.2) is 11.5 Å². The van der Waals surface area contributed by atoms with E-state index in [9.17, 15) is 8.42 Å². The monoisotopic (exact) mass is 462 g/mol. The van der Waals surface area contributed by atoms with Crippen molar-refractivity contribution in [2.45, 2.75) is 17.9 Å². The first-order valence-corrected chi connectivity index (χ1v) is 12.4. The van der Waals surface area contributed by atoms with Gasteiger partial charge in [-0.15, -0.1) is 11.3 Å². The van der Waals surface area contributed by atoms with Crippen molar-refractivity contribution in [3.05, 3.63) is 41.6 Å². The van der Waals surface area contributed by atoms with E-state index >= 15 is 0 Å². The fourth-order valence-electron chi connectivity index (χ4n) is 3.60. The van der Waals surface area contributed by atoms with Gasteiger partial charge in [0.2, 0.25) is 21.7 Å². The molecule has 2 aliphatic heterocycles. The molecule has 1 aromatic carbocycles. The first-order valence-electron chi connectivity index (χ1n) is 10.1. The summed E-state index contributed by atoms with van der Waals surface area (Å²) in [5.74, 6) is 2.18. The summed E-state index contributed by atoms with van der Waals surface area (Å²) in [6, 6.07) is 8.71. The van der Waals surface area contributed by atoms with Crippen LogP contribution in [0.4, 0.5) is 0 Å². The van der Waals surface area contributed by atoms with E-state index in [2.05, 4.69) is 15.0 Å². The third-order valence-electron chi connectivity index (χ3n) is 5.26. The number of fused-ring (bicyclic) bond motifs is 1. The normalized spacial score (nSPS) is 18.1. The molecule has 2 aromatic heterocycles. The van der Waals surface area contributed by atoms with E-state index in [0.717, 1.165) is 11.3 Å². The largest absolute Gasteiger partial charge is 0.490 e. The zero-order chi connectivity index (χ0) is 21.3. The number of aromatic nitrogens is 2. The molecule has 0 saturated carbocycles. The highest BCUT2D eigenvalue weighted by atomic mass is 32.2. The van der Waals surface area contributed by atoms with E-state index in [4.69, 9.17) is 14.0 Å². The van der Waals surface area contributed by atoms with Gasteiger partial charge >= 0.3 is 0 Å². The Morgan fingerprint density at radius 3 is 2.61 bits per heavy atom. The molecule has 2 aliphatic rings. The minimum atomic E-state index is -3.61. The van der Waals surface area contributed by atoms with Crippen molar-refractivity contribution in [1.82, 2.24) is 19.3 Å². The van der Waals surface area contributed by atoms with Crippen LogP contribution in [0.5, 0.6) is 11.5 Å². The lowest BCUT2D eigenvalue weighted by Gasteiger charge is -2.33. The molecule has 0 unspecified atom stereocenters. The number of piperazine rings is 1. The first-order chi connectivity index (χ1) is 15.1. The predicted molar refractivity (Wildman–Crippen MR) is 114 cm³/mol. The highest BCUT2D eigenvalue weighted by Gasteiger charge is 2.30. The number of sulfonamides is 1. The lowest BCUT2D eigenvalue weighted by molar-refractivity contribution is 0.163. The molecular weight excluding hydrogens is 440 g/mol. The van der Waals surface area contributed by atoms with Crippen LogP contribution in [0.2, 0.25) is 0 Å². The lowest BCUT2D eigenvalue weighted by atomic mass is 10.3. The smallest absolute Gasteiger partial charge is 0.243 e. The van der Waals surface area contributed by atoms with E-state index in [0.29, 0.717) is 69.2 Å². The summed E-state index contributed by atoms with van der Waals surface area (Å²) in [5.41, 5.74) is 0. The number of benzene rings is 1. The molecule has 11 heteroatoms. The fourth-order valence-corrected chi connectivity index (χ4v) is 5.68. The van der Waals surface area contributed by atoms with E-state index in [-0.39, 0.29) is 4.90 Å². The average molecular weight is 463 g/mol. The van der Waals surface area contributed by atoms with E-state index in [1.54, 1.807) is 29.5 Å². The standard InChI is InChI=1S/C20H22N4O5S2/c25-31(26,15-4-5-16-17(13-15)28-11-2-10-27-16)24-8-6-23(7-9-24)14-19-21-20(22-29-19)18-3-1-12-30-18/h1,3-5,12-13H,2,6-11,14H2. The van der Waals surface area contributed by atoms with Crippen molar-refractivity contribution in [2.24, 2.45) is 0 Å². The molecule has 0 amide bonds. The van der Waals surface area contributed by atoms with E-state index < -0.39 is 10.0 Å². The molecule has 0 radical (unpaired) electrons. The van der Waals surface area contributed by atoms with Gasteiger partial charge in [-0.3, -0.25) is 4.90 Å². The maximum atomic E-state index is 13.1. The topological polar surface area (TPSA) is 98.0 Å². The Bertz CT molecular complexity index is 1140. The van der Waals surface area contributed by atoms with Crippen LogP contribution >= 0.6 is 11.3 Å². The summed E-state index contributed by atoms with van der Waals surface area (Å²) in [4.78, 5) is 7.74. The molecule has 9 nitrogen and oxygen atoms in total. The number of thiophene rings is 1. The zero-order valence-corrected chi connectivity index (χ0v) is 18.4. The number of hydrogen-bond acceptors (Lipinski definition) is 9. The van der Waals surface area contributed by atoms with Gasteiger partial charge in [-0.05, 0) is 23.6 Å². The second kappa shape index (κ2) is 8.58. The van der Waals surface area contributed by atoms with E-state index in [1.165, 1.54) is 4.31 Å².